The van der Waals surface area contributed by atoms with Crippen molar-refractivity contribution < 1.29 is 19.1 Å². The zero-order chi connectivity index (χ0) is 14.1. The molecular formula is C14H11NO4S. The van der Waals surface area contributed by atoms with Gasteiger partial charge in [-0.3, -0.25) is 14.9 Å². The number of aliphatic hydroxyl groups is 1. The number of aliphatic hydroxyl groups excluding tert-OH is 1. The van der Waals surface area contributed by atoms with Crippen molar-refractivity contribution in [2.75, 3.05) is 0 Å². The monoisotopic (exact) mass is 289 g/mol. The summed E-state index contributed by atoms with van der Waals surface area (Å²) in [6.07, 6.45) is 0. The molecule has 102 valence electrons. The molecule has 1 fully saturated rings. The summed E-state index contributed by atoms with van der Waals surface area (Å²) in [6.45, 7) is -0.0449. The van der Waals surface area contributed by atoms with Crippen LogP contribution in [-0.4, -0.2) is 16.3 Å². The number of benzene rings is 1. The van der Waals surface area contributed by atoms with Crippen LogP contribution in [0, 0.1) is 0 Å². The number of hydrogen-bond acceptors (Lipinski definition) is 5. The quantitative estimate of drug-likeness (QED) is 0.907. The number of carbonyl (C=O) groups is 2. The lowest BCUT2D eigenvalue weighted by Crippen LogP contribution is -2.20. The first kappa shape index (κ1) is 13.0. The number of carbonyl (C=O) groups excluding carboxylic acids is 2. The fraction of sp³-hybridized carbons (Fsp3) is 0.143. The van der Waals surface area contributed by atoms with E-state index in [4.69, 9.17) is 9.52 Å². The highest BCUT2D eigenvalue weighted by Crippen LogP contribution is 2.36. The Bertz CT molecular complexity index is 679. The largest absolute Gasteiger partial charge is 0.459 e. The first-order valence-electron chi connectivity index (χ1n) is 5.99. The number of furan rings is 1. The van der Waals surface area contributed by atoms with E-state index >= 15 is 0 Å². The Morgan fingerprint density at radius 3 is 2.80 bits per heavy atom. The predicted molar refractivity (Wildman–Crippen MR) is 73.9 cm³/mol. The van der Waals surface area contributed by atoms with Gasteiger partial charge in [0.15, 0.2) is 5.25 Å². The van der Waals surface area contributed by atoms with E-state index in [1.807, 2.05) is 24.3 Å². The maximum Gasteiger partial charge on any atom is 0.286 e. The fourth-order valence-corrected chi connectivity index (χ4v) is 2.80. The van der Waals surface area contributed by atoms with Gasteiger partial charge in [0.2, 0.25) is 5.91 Å². The van der Waals surface area contributed by atoms with E-state index in [2.05, 4.69) is 5.32 Å². The Hall–Kier alpha value is -2.05. The lowest BCUT2D eigenvalue weighted by molar-refractivity contribution is -0.119. The van der Waals surface area contributed by atoms with Crippen LogP contribution >= 0.6 is 11.8 Å². The molecule has 20 heavy (non-hydrogen) atoms. The van der Waals surface area contributed by atoms with Crippen LogP contribution in [0.3, 0.4) is 0 Å². The van der Waals surface area contributed by atoms with Gasteiger partial charge in [-0.05, 0) is 35.5 Å². The number of rotatable bonds is 3. The van der Waals surface area contributed by atoms with Gasteiger partial charge in [0, 0.05) is 5.56 Å². The first-order valence-corrected chi connectivity index (χ1v) is 6.87. The van der Waals surface area contributed by atoms with Gasteiger partial charge in [-0.2, -0.15) is 0 Å². The second-order valence-corrected chi connectivity index (χ2v) is 5.41. The molecule has 0 saturated carbocycles. The maximum atomic E-state index is 11.6. The Morgan fingerprint density at radius 2 is 2.10 bits per heavy atom. The van der Waals surface area contributed by atoms with E-state index in [9.17, 15) is 9.59 Å². The van der Waals surface area contributed by atoms with Crippen molar-refractivity contribution >= 4 is 22.9 Å². The topological polar surface area (TPSA) is 79.5 Å². The van der Waals surface area contributed by atoms with E-state index in [0.717, 1.165) is 22.9 Å². The predicted octanol–water partition coefficient (Wildman–Crippen LogP) is 2.46. The standard InChI is InChI=1S/C14H11NO4S/c16-7-8-2-1-3-9(6-8)10-4-5-11(19-10)12-13(17)15-14(18)20-12/h1-6,12,16H,7H2,(H,15,17,18). The summed E-state index contributed by atoms with van der Waals surface area (Å²) < 4.78 is 5.66. The molecule has 0 aliphatic carbocycles. The van der Waals surface area contributed by atoms with Crippen molar-refractivity contribution in [1.29, 1.82) is 0 Å². The number of thioether (sulfide) groups is 1. The summed E-state index contributed by atoms with van der Waals surface area (Å²) in [7, 11) is 0. The second kappa shape index (κ2) is 5.15. The Kier molecular flexibility index (Phi) is 3.33. The molecule has 2 N–H and O–H groups in total. The maximum absolute atomic E-state index is 11.6. The van der Waals surface area contributed by atoms with Gasteiger partial charge in [-0.15, -0.1) is 0 Å². The Balaban J connectivity index is 1.90. The third-order valence-corrected chi connectivity index (χ3v) is 3.97. The van der Waals surface area contributed by atoms with Crippen molar-refractivity contribution in [3.63, 3.8) is 0 Å². The molecule has 1 aromatic heterocycles. The van der Waals surface area contributed by atoms with Crippen LogP contribution in [0.5, 0.6) is 0 Å². The van der Waals surface area contributed by atoms with Crippen LogP contribution in [0.25, 0.3) is 11.3 Å². The minimum absolute atomic E-state index is 0.0449. The van der Waals surface area contributed by atoms with Crippen LogP contribution in [0.15, 0.2) is 40.8 Å². The van der Waals surface area contributed by atoms with Crippen LogP contribution < -0.4 is 5.32 Å². The Labute approximate surface area is 119 Å². The van der Waals surface area contributed by atoms with Crippen molar-refractivity contribution in [2.24, 2.45) is 0 Å². The van der Waals surface area contributed by atoms with Gasteiger partial charge in [0.1, 0.15) is 11.5 Å². The first-order chi connectivity index (χ1) is 9.67. The number of amides is 2. The summed E-state index contributed by atoms with van der Waals surface area (Å²) in [5, 5.41) is 10.4. The highest BCUT2D eigenvalue weighted by Gasteiger charge is 2.35. The van der Waals surface area contributed by atoms with E-state index in [1.165, 1.54) is 0 Å². The van der Waals surface area contributed by atoms with Gasteiger partial charge in [-0.1, -0.05) is 18.2 Å². The highest BCUT2D eigenvalue weighted by atomic mass is 32.2. The molecule has 1 atom stereocenters. The molecule has 0 bridgehead atoms. The molecule has 0 radical (unpaired) electrons. The van der Waals surface area contributed by atoms with Gasteiger partial charge >= 0.3 is 0 Å². The van der Waals surface area contributed by atoms with Crippen LogP contribution in [0.4, 0.5) is 4.79 Å². The number of hydrogen-bond donors (Lipinski definition) is 2. The molecule has 1 saturated heterocycles. The lowest BCUT2D eigenvalue weighted by atomic mass is 10.1. The minimum atomic E-state index is -0.628. The van der Waals surface area contributed by atoms with Gasteiger partial charge in [0.05, 0.1) is 6.61 Å². The highest BCUT2D eigenvalue weighted by molar-refractivity contribution is 8.15. The van der Waals surface area contributed by atoms with Crippen LogP contribution in [0.2, 0.25) is 0 Å². The normalized spacial score (nSPS) is 18.4. The average molecular weight is 289 g/mol. The molecule has 1 unspecified atom stereocenters. The van der Waals surface area contributed by atoms with Crippen LogP contribution in [0.1, 0.15) is 16.6 Å². The summed E-state index contributed by atoms with van der Waals surface area (Å²) in [5.74, 6) is 0.691. The second-order valence-electron chi connectivity index (χ2n) is 4.34. The summed E-state index contributed by atoms with van der Waals surface area (Å²) in [4.78, 5) is 22.7. The molecule has 2 amide bonds. The third-order valence-electron chi connectivity index (χ3n) is 2.97. The van der Waals surface area contributed by atoms with E-state index < -0.39 is 5.25 Å². The SMILES string of the molecule is O=C1NC(=O)C(c2ccc(-c3cccc(CO)c3)o2)S1. The average Bonchev–Trinajstić information content (AvgIpc) is 3.05. The van der Waals surface area contributed by atoms with Crippen LogP contribution in [-0.2, 0) is 11.4 Å². The summed E-state index contributed by atoms with van der Waals surface area (Å²) >= 11 is 0.910. The lowest BCUT2D eigenvalue weighted by Gasteiger charge is -2.02. The van der Waals surface area contributed by atoms with Crippen molar-refractivity contribution in [1.82, 2.24) is 5.32 Å². The smallest absolute Gasteiger partial charge is 0.286 e. The molecule has 0 spiro atoms. The molecule has 5 nitrogen and oxygen atoms in total. The third kappa shape index (κ3) is 2.35. The molecule has 2 heterocycles. The summed E-state index contributed by atoms with van der Waals surface area (Å²) in [6, 6.07) is 10.7. The fourth-order valence-electron chi connectivity index (χ4n) is 2.02. The zero-order valence-corrected chi connectivity index (χ0v) is 11.1. The van der Waals surface area contributed by atoms with Crippen molar-refractivity contribution in [3.05, 3.63) is 47.7 Å². The molecule has 2 aromatic rings. The van der Waals surface area contributed by atoms with Crippen molar-refractivity contribution in [3.8, 4) is 11.3 Å². The minimum Gasteiger partial charge on any atom is -0.459 e. The van der Waals surface area contributed by atoms with Gasteiger partial charge < -0.3 is 9.52 Å². The Morgan fingerprint density at radius 1 is 1.25 bits per heavy atom. The zero-order valence-electron chi connectivity index (χ0n) is 10.3. The number of nitrogens with one attached hydrogen (secondary N) is 1. The van der Waals surface area contributed by atoms with Crippen molar-refractivity contribution in [2.45, 2.75) is 11.9 Å². The number of imide groups is 1. The molecule has 1 aromatic carbocycles. The molecule has 1 aliphatic rings. The molecule has 3 rings (SSSR count). The summed E-state index contributed by atoms with van der Waals surface area (Å²) in [5.41, 5.74) is 1.60. The molecule has 6 heteroatoms. The van der Waals surface area contributed by atoms with E-state index in [1.54, 1.807) is 12.1 Å². The molecular weight excluding hydrogens is 278 g/mol. The van der Waals surface area contributed by atoms with Gasteiger partial charge in [-0.25, -0.2) is 0 Å². The molecule has 1 aliphatic heterocycles. The van der Waals surface area contributed by atoms with Gasteiger partial charge in [0.25, 0.3) is 5.24 Å². The van der Waals surface area contributed by atoms with E-state index in [-0.39, 0.29) is 17.8 Å². The van der Waals surface area contributed by atoms with E-state index in [0.29, 0.717) is 11.5 Å².